The Morgan fingerprint density at radius 1 is 1.18 bits per heavy atom. The van der Waals surface area contributed by atoms with E-state index in [1.54, 1.807) is 0 Å². The van der Waals surface area contributed by atoms with Gasteiger partial charge in [-0.2, -0.15) is 13.2 Å². The zero-order valence-corrected chi connectivity index (χ0v) is 18.7. The molecule has 33 heavy (non-hydrogen) atoms. The van der Waals surface area contributed by atoms with Crippen LogP contribution in [0.1, 0.15) is 25.7 Å². The van der Waals surface area contributed by atoms with E-state index in [4.69, 9.17) is 5.11 Å². The number of thiazole rings is 1. The number of aliphatic carboxylic acids is 1. The molecule has 1 saturated carbocycles. The number of carboxylic acids is 1. The number of alkyl halides is 3. The molecule has 3 rings (SSSR count). The number of halogens is 5. The first-order valence-electron chi connectivity index (χ1n) is 9.93. The molecule has 0 saturated heterocycles. The number of nitrogens with one attached hydrogen (secondary N) is 1. The number of carbonyl (C=O) groups is 2. The normalized spacial score (nSPS) is 18.7. The van der Waals surface area contributed by atoms with Crippen LogP contribution in [0.25, 0.3) is 0 Å². The number of rotatable bonds is 7. The number of nitrogens with zero attached hydrogens (tertiary/aromatic N) is 2. The van der Waals surface area contributed by atoms with Crippen LogP contribution in [0, 0.1) is 23.5 Å². The summed E-state index contributed by atoms with van der Waals surface area (Å²) in [5.74, 6) is -5.07. The molecule has 1 aromatic carbocycles. The van der Waals surface area contributed by atoms with Gasteiger partial charge in [-0.3, -0.25) is 15.0 Å². The van der Waals surface area contributed by atoms with Gasteiger partial charge in [0.15, 0.2) is 16.8 Å². The lowest BCUT2D eigenvalue weighted by molar-refractivity contribution is -0.183. The summed E-state index contributed by atoms with van der Waals surface area (Å²) in [6.45, 7) is 0.0213. The van der Waals surface area contributed by atoms with Gasteiger partial charge >= 0.3 is 18.2 Å². The predicted molar refractivity (Wildman–Crippen MR) is 115 cm³/mol. The van der Waals surface area contributed by atoms with E-state index >= 15 is 0 Å². The Balaban J connectivity index is 1.72. The maximum Gasteiger partial charge on any atom is 0.391 e. The van der Waals surface area contributed by atoms with E-state index in [9.17, 15) is 31.5 Å². The Morgan fingerprint density at radius 3 is 2.48 bits per heavy atom. The highest BCUT2D eigenvalue weighted by Gasteiger charge is 2.41. The minimum Gasteiger partial charge on any atom is -0.481 e. The number of aromatic nitrogens is 1. The lowest BCUT2D eigenvalue weighted by atomic mass is 9.81. The number of carboxylic acid groups (broad SMARTS) is 1. The Labute approximate surface area is 194 Å². The molecule has 13 heteroatoms. The van der Waals surface area contributed by atoms with Crippen molar-refractivity contribution in [3.05, 3.63) is 36.0 Å². The van der Waals surface area contributed by atoms with Crippen LogP contribution in [0.4, 0.5) is 37.6 Å². The standard InChI is InChI=1S/C20H20F5N3O3S2/c21-14-6-5-13(7-15(14)22)28(9-11-1-3-12(4-2-11)20(23,24)25)19(31)27-18-26-8-17(33-18)32-10-16(29)30/h5-8,11-12H,1-4,9-10H2,(H,29,30)(H,26,27,31). The van der Waals surface area contributed by atoms with Crippen molar-refractivity contribution in [2.75, 3.05) is 22.5 Å². The first-order chi connectivity index (χ1) is 15.5. The van der Waals surface area contributed by atoms with Crippen LogP contribution in [0.2, 0.25) is 0 Å². The average molecular weight is 510 g/mol. The molecule has 180 valence electrons. The summed E-state index contributed by atoms with van der Waals surface area (Å²) in [4.78, 5) is 28.8. The summed E-state index contributed by atoms with van der Waals surface area (Å²) in [5, 5.41) is 11.5. The van der Waals surface area contributed by atoms with Gasteiger partial charge in [0.2, 0.25) is 0 Å². The average Bonchev–Trinajstić information content (AvgIpc) is 3.19. The minimum atomic E-state index is -4.26. The highest BCUT2D eigenvalue weighted by atomic mass is 32.2. The molecule has 1 aliphatic carbocycles. The predicted octanol–water partition coefficient (Wildman–Crippen LogP) is 6.01. The van der Waals surface area contributed by atoms with Gasteiger partial charge < -0.3 is 5.11 Å². The maximum absolute atomic E-state index is 13.8. The van der Waals surface area contributed by atoms with Crippen molar-refractivity contribution in [2.45, 2.75) is 36.1 Å². The molecule has 6 nitrogen and oxygen atoms in total. The van der Waals surface area contributed by atoms with E-state index in [1.165, 1.54) is 12.3 Å². The second-order valence-electron chi connectivity index (χ2n) is 7.57. The van der Waals surface area contributed by atoms with E-state index < -0.39 is 35.7 Å². The molecule has 0 aliphatic heterocycles. The van der Waals surface area contributed by atoms with Crippen molar-refractivity contribution in [3.8, 4) is 0 Å². The summed E-state index contributed by atoms with van der Waals surface area (Å²) < 4.78 is 66.7. The summed E-state index contributed by atoms with van der Waals surface area (Å²) >= 11 is 2.07. The lowest BCUT2D eigenvalue weighted by Crippen LogP contribution is -2.40. The highest BCUT2D eigenvalue weighted by molar-refractivity contribution is 8.01. The van der Waals surface area contributed by atoms with Gasteiger partial charge in [-0.15, -0.1) is 11.8 Å². The second-order valence-corrected chi connectivity index (χ2v) is 9.87. The molecule has 2 N–H and O–H groups in total. The fourth-order valence-electron chi connectivity index (χ4n) is 3.56. The van der Waals surface area contributed by atoms with E-state index in [2.05, 4.69) is 10.3 Å². The Morgan fingerprint density at radius 2 is 1.88 bits per heavy atom. The largest absolute Gasteiger partial charge is 0.481 e. The third-order valence-corrected chi connectivity index (χ3v) is 7.34. The molecule has 0 radical (unpaired) electrons. The molecular formula is C20H20F5N3O3S2. The van der Waals surface area contributed by atoms with Crippen molar-refractivity contribution in [2.24, 2.45) is 11.8 Å². The maximum atomic E-state index is 13.8. The van der Waals surface area contributed by atoms with Gasteiger partial charge in [-0.1, -0.05) is 11.3 Å². The van der Waals surface area contributed by atoms with Crippen LogP contribution in [-0.2, 0) is 4.79 Å². The van der Waals surface area contributed by atoms with Crippen LogP contribution < -0.4 is 10.2 Å². The summed E-state index contributed by atoms with van der Waals surface area (Å²) in [6, 6.07) is 2.24. The van der Waals surface area contributed by atoms with Gasteiger partial charge in [0.1, 0.15) is 0 Å². The van der Waals surface area contributed by atoms with Crippen molar-refractivity contribution < 1.29 is 36.6 Å². The second kappa shape index (κ2) is 10.7. The van der Waals surface area contributed by atoms with Crippen LogP contribution in [0.3, 0.4) is 0 Å². The monoisotopic (exact) mass is 509 g/mol. The number of anilines is 2. The third kappa shape index (κ3) is 7.03. The lowest BCUT2D eigenvalue weighted by Gasteiger charge is -2.33. The van der Waals surface area contributed by atoms with Gasteiger partial charge in [0, 0.05) is 18.3 Å². The van der Waals surface area contributed by atoms with Crippen LogP contribution in [0.5, 0.6) is 0 Å². The molecule has 0 bridgehead atoms. The first-order valence-corrected chi connectivity index (χ1v) is 11.7. The van der Waals surface area contributed by atoms with E-state index in [0.717, 1.165) is 40.1 Å². The van der Waals surface area contributed by atoms with E-state index in [1.807, 2.05) is 0 Å². The number of thioether (sulfide) groups is 1. The highest BCUT2D eigenvalue weighted by Crippen LogP contribution is 2.40. The van der Waals surface area contributed by atoms with Crippen LogP contribution in [-0.4, -0.2) is 40.6 Å². The summed E-state index contributed by atoms with van der Waals surface area (Å²) in [6.07, 6.45) is -2.50. The number of carbonyl (C=O) groups excluding carboxylic acids is 1. The number of urea groups is 1. The van der Waals surface area contributed by atoms with Gasteiger partial charge in [-0.05, 0) is 43.7 Å². The molecule has 1 aromatic heterocycles. The number of hydrogen-bond acceptors (Lipinski definition) is 5. The van der Waals surface area contributed by atoms with Gasteiger partial charge in [0.05, 0.1) is 22.1 Å². The van der Waals surface area contributed by atoms with Gasteiger partial charge in [-0.25, -0.2) is 18.6 Å². The minimum absolute atomic E-state index is 0.0213. The number of hydrogen-bond donors (Lipinski definition) is 2. The Bertz CT molecular complexity index is 994. The molecule has 1 heterocycles. The van der Waals surface area contributed by atoms with Crippen molar-refractivity contribution in [3.63, 3.8) is 0 Å². The summed E-state index contributed by atoms with van der Waals surface area (Å²) in [7, 11) is 0. The smallest absolute Gasteiger partial charge is 0.391 e. The van der Waals surface area contributed by atoms with Crippen LogP contribution >= 0.6 is 23.1 Å². The zero-order valence-electron chi connectivity index (χ0n) is 17.1. The van der Waals surface area contributed by atoms with Crippen LogP contribution in [0.15, 0.2) is 28.6 Å². The van der Waals surface area contributed by atoms with Crippen molar-refractivity contribution in [1.29, 1.82) is 0 Å². The van der Waals surface area contributed by atoms with Crippen molar-refractivity contribution >= 4 is 45.9 Å². The zero-order chi connectivity index (χ0) is 24.2. The molecule has 0 atom stereocenters. The number of amides is 2. The SMILES string of the molecule is O=C(O)CSc1cnc(NC(=O)N(CC2CCC(C(F)(F)F)CC2)c2ccc(F)c(F)c2)s1. The third-order valence-electron chi connectivity index (χ3n) is 5.25. The molecule has 1 aliphatic rings. The first kappa shape index (κ1) is 25.2. The molecule has 2 amide bonds. The molecule has 0 spiro atoms. The Hall–Kier alpha value is -2.41. The Kier molecular flexibility index (Phi) is 8.16. The van der Waals surface area contributed by atoms with Gasteiger partial charge in [0.25, 0.3) is 0 Å². The molecular weight excluding hydrogens is 489 g/mol. The summed E-state index contributed by atoms with van der Waals surface area (Å²) in [5.41, 5.74) is 0.0568. The molecule has 1 fully saturated rings. The van der Waals surface area contributed by atoms with Crippen molar-refractivity contribution in [1.82, 2.24) is 4.98 Å². The topological polar surface area (TPSA) is 82.5 Å². The number of benzene rings is 1. The molecule has 2 aromatic rings. The fourth-order valence-corrected chi connectivity index (χ4v) is 5.15. The van der Waals surface area contributed by atoms with E-state index in [-0.39, 0.29) is 54.7 Å². The van der Waals surface area contributed by atoms with E-state index in [0.29, 0.717) is 4.21 Å². The molecule has 0 unspecified atom stereocenters. The quantitative estimate of drug-likeness (QED) is 0.353. The fraction of sp³-hybridized carbons (Fsp3) is 0.450.